The van der Waals surface area contributed by atoms with Crippen LogP contribution in [0.1, 0.15) is 19.4 Å². The Morgan fingerprint density at radius 1 is 1.55 bits per heavy atom. The molecule has 0 saturated carbocycles. The number of aryl methyl sites for hydroxylation is 1. The number of nitrogens with zero attached hydrogens (tertiary/aromatic N) is 1. The highest BCUT2D eigenvalue weighted by molar-refractivity contribution is 5.84. The molecule has 0 aliphatic rings. The summed E-state index contributed by atoms with van der Waals surface area (Å²) in [4.78, 5) is 21.7. The third-order valence-corrected chi connectivity index (χ3v) is 3.00. The number of primary amides is 1. The molecule has 1 amide bonds. The summed E-state index contributed by atoms with van der Waals surface area (Å²) in [5, 5.41) is 13.7. The Morgan fingerprint density at radius 3 is 2.65 bits per heavy atom. The number of benzene rings is 1. The molecule has 0 heterocycles. The van der Waals surface area contributed by atoms with Gasteiger partial charge in [0.1, 0.15) is 17.9 Å². The highest BCUT2D eigenvalue weighted by atomic mass is 16.6. The maximum absolute atomic E-state index is 11.4. The fourth-order valence-corrected chi connectivity index (χ4v) is 1.75. The van der Waals surface area contributed by atoms with Crippen LogP contribution in [0.3, 0.4) is 0 Å². The van der Waals surface area contributed by atoms with Gasteiger partial charge in [-0.25, -0.2) is 0 Å². The zero-order chi connectivity index (χ0) is 15.3. The number of nitrogens with two attached hydrogens (primary N) is 1. The normalized spacial score (nSPS) is 13.6. The first-order valence-electron chi connectivity index (χ1n) is 6.23. The Hall–Kier alpha value is -2.15. The lowest BCUT2D eigenvalue weighted by Gasteiger charge is -2.26. The van der Waals surface area contributed by atoms with Gasteiger partial charge < -0.3 is 15.8 Å². The number of hydrogen-bond acceptors (Lipinski definition) is 5. The van der Waals surface area contributed by atoms with Crippen LogP contribution in [-0.2, 0) is 4.79 Å². The molecule has 110 valence electrons. The smallest absolute Gasteiger partial charge is 0.272 e. The second-order valence-corrected chi connectivity index (χ2v) is 4.72. The van der Waals surface area contributed by atoms with Crippen LogP contribution in [0.5, 0.6) is 5.75 Å². The van der Waals surface area contributed by atoms with E-state index in [9.17, 15) is 14.9 Å². The molecule has 0 aliphatic heterocycles. The summed E-state index contributed by atoms with van der Waals surface area (Å²) >= 11 is 0. The van der Waals surface area contributed by atoms with Crippen molar-refractivity contribution in [2.45, 2.75) is 26.3 Å². The van der Waals surface area contributed by atoms with Crippen LogP contribution >= 0.6 is 0 Å². The average molecular weight is 281 g/mol. The van der Waals surface area contributed by atoms with E-state index in [4.69, 9.17) is 10.5 Å². The zero-order valence-corrected chi connectivity index (χ0v) is 11.8. The van der Waals surface area contributed by atoms with Crippen molar-refractivity contribution >= 4 is 11.6 Å². The van der Waals surface area contributed by atoms with Gasteiger partial charge in [0.05, 0.1) is 4.92 Å². The Bertz CT molecular complexity index is 518. The van der Waals surface area contributed by atoms with E-state index in [0.717, 1.165) is 0 Å². The van der Waals surface area contributed by atoms with Gasteiger partial charge in [-0.15, -0.1) is 0 Å². The molecule has 0 bridgehead atoms. The standard InChI is InChI=1S/C13H19N3O4/c1-4-15-13(3,12(14)17)8-20-10-5-6-11(16(18)19)9(2)7-10/h5-7,15H,4,8H2,1-3H3,(H2,14,17). The van der Waals surface area contributed by atoms with Crippen molar-refractivity contribution in [2.24, 2.45) is 5.73 Å². The first-order valence-corrected chi connectivity index (χ1v) is 6.23. The van der Waals surface area contributed by atoms with Crippen molar-refractivity contribution in [1.29, 1.82) is 0 Å². The van der Waals surface area contributed by atoms with Crippen molar-refractivity contribution in [3.8, 4) is 5.75 Å². The summed E-state index contributed by atoms with van der Waals surface area (Å²) in [5.74, 6) is -0.0588. The van der Waals surface area contributed by atoms with Gasteiger partial charge in [-0.3, -0.25) is 14.9 Å². The third-order valence-electron chi connectivity index (χ3n) is 3.00. The van der Waals surface area contributed by atoms with Crippen molar-refractivity contribution in [3.63, 3.8) is 0 Å². The summed E-state index contributed by atoms with van der Waals surface area (Å²) in [6.07, 6.45) is 0. The van der Waals surface area contributed by atoms with E-state index in [1.807, 2.05) is 6.92 Å². The minimum atomic E-state index is -0.982. The molecule has 1 aromatic rings. The minimum Gasteiger partial charge on any atom is -0.491 e. The van der Waals surface area contributed by atoms with Gasteiger partial charge in [-0.05, 0) is 32.5 Å². The molecule has 0 radical (unpaired) electrons. The molecule has 3 N–H and O–H groups in total. The Balaban J connectivity index is 2.81. The zero-order valence-electron chi connectivity index (χ0n) is 11.8. The molecule has 1 atom stereocenters. The molecule has 0 saturated heterocycles. The maximum atomic E-state index is 11.4. The second-order valence-electron chi connectivity index (χ2n) is 4.72. The SMILES string of the molecule is CCNC(C)(COc1ccc([N+](=O)[O-])c(C)c1)C(N)=O. The predicted molar refractivity (Wildman–Crippen MR) is 74.6 cm³/mol. The summed E-state index contributed by atoms with van der Waals surface area (Å²) in [6.45, 7) is 5.76. The minimum absolute atomic E-state index is 0.0293. The van der Waals surface area contributed by atoms with Gasteiger partial charge in [0.2, 0.25) is 5.91 Å². The monoisotopic (exact) mass is 281 g/mol. The van der Waals surface area contributed by atoms with E-state index in [0.29, 0.717) is 17.9 Å². The van der Waals surface area contributed by atoms with Crippen LogP contribution in [0.15, 0.2) is 18.2 Å². The molecule has 1 aromatic carbocycles. The Kier molecular flexibility index (Phi) is 5.04. The van der Waals surface area contributed by atoms with Crippen LogP contribution in [-0.4, -0.2) is 29.5 Å². The summed E-state index contributed by atoms with van der Waals surface area (Å²) < 4.78 is 5.51. The van der Waals surface area contributed by atoms with E-state index >= 15 is 0 Å². The molecule has 0 aromatic heterocycles. The van der Waals surface area contributed by atoms with Crippen molar-refractivity contribution in [2.75, 3.05) is 13.2 Å². The van der Waals surface area contributed by atoms with Gasteiger partial charge in [0.15, 0.2) is 0 Å². The molecule has 7 nitrogen and oxygen atoms in total. The maximum Gasteiger partial charge on any atom is 0.272 e. The summed E-state index contributed by atoms with van der Waals surface area (Å²) in [6, 6.07) is 4.43. The van der Waals surface area contributed by atoms with Gasteiger partial charge in [0, 0.05) is 11.6 Å². The molecule has 0 aliphatic carbocycles. The average Bonchev–Trinajstić information content (AvgIpc) is 2.36. The number of nitro benzene ring substituents is 1. The first-order chi connectivity index (χ1) is 9.30. The highest BCUT2D eigenvalue weighted by Crippen LogP contribution is 2.23. The fraction of sp³-hybridized carbons (Fsp3) is 0.462. The topological polar surface area (TPSA) is 107 Å². The van der Waals surface area contributed by atoms with E-state index in [-0.39, 0.29) is 12.3 Å². The van der Waals surface area contributed by atoms with Gasteiger partial charge in [0.25, 0.3) is 5.69 Å². The van der Waals surface area contributed by atoms with Crippen LogP contribution in [0.4, 0.5) is 5.69 Å². The highest BCUT2D eigenvalue weighted by Gasteiger charge is 2.31. The number of nitrogens with one attached hydrogen (secondary N) is 1. The lowest BCUT2D eigenvalue weighted by atomic mass is 10.0. The molecule has 1 rings (SSSR count). The molecular weight excluding hydrogens is 262 g/mol. The van der Waals surface area contributed by atoms with E-state index < -0.39 is 16.4 Å². The number of carbonyl (C=O) groups excluding carboxylic acids is 1. The largest absolute Gasteiger partial charge is 0.491 e. The van der Waals surface area contributed by atoms with Crippen molar-refractivity contribution in [3.05, 3.63) is 33.9 Å². The van der Waals surface area contributed by atoms with Gasteiger partial charge in [-0.2, -0.15) is 0 Å². The Morgan fingerprint density at radius 2 is 2.20 bits per heavy atom. The van der Waals surface area contributed by atoms with Crippen LogP contribution in [0.2, 0.25) is 0 Å². The van der Waals surface area contributed by atoms with E-state index in [1.54, 1.807) is 19.9 Å². The number of carbonyl (C=O) groups is 1. The first kappa shape index (κ1) is 15.9. The van der Waals surface area contributed by atoms with E-state index in [1.165, 1.54) is 12.1 Å². The van der Waals surface area contributed by atoms with Crippen molar-refractivity contribution < 1.29 is 14.5 Å². The second kappa shape index (κ2) is 6.33. The van der Waals surface area contributed by atoms with Crippen LogP contribution in [0, 0.1) is 17.0 Å². The molecule has 1 unspecified atom stereocenters. The summed E-state index contributed by atoms with van der Waals surface area (Å²) in [5.41, 5.74) is 4.89. The van der Waals surface area contributed by atoms with E-state index in [2.05, 4.69) is 5.32 Å². The summed E-state index contributed by atoms with van der Waals surface area (Å²) in [7, 11) is 0. The molecule has 0 spiro atoms. The van der Waals surface area contributed by atoms with Crippen LogP contribution < -0.4 is 15.8 Å². The lowest BCUT2D eigenvalue weighted by Crippen LogP contribution is -2.57. The molecule has 20 heavy (non-hydrogen) atoms. The lowest BCUT2D eigenvalue weighted by molar-refractivity contribution is -0.385. The number of nitro groups is 1. The Labute approximate surface area is 117 Å². The van der Waals surface area contributed by atoms with Crippen LogP contribution in [0.25, 0.3) is 0 Å². The number of amides is 1. The fourth-order valence-electron chi connectivity index (χ4n) is 1.75. The predicted octanol–water partition coefficient (Wildman–Crippen LogP) is 1.14. The van der Waals surface area contributed by atoms with Crippen molar-refractivity contribution in [1.82, 2.24) is 5.32 Å². The molecule has 0 fully saturated rings. The van der Waals surface area contributed by atoms with Gasteiger partial charge >= 0.3 is 0 Å². The van der Waals surface area contributed by atoms with Gasteiger partial charge in [-0.1, -0.05) is 6.92 Å². The number of hydrogen-bond donors (Lipinski definition) is 2. The number of rotatable bonds is 7. The third kappa shape index (κ3) is 3.67. The number of ether oxygens (including phenoxy) is 1. The molecule has 7 heteroatoms. The quantitative estimate of drug-likeness (QED) is 0.575. The number of likely N-dealkylation sites (N-methyl/N-ethyl adjacent to an activating group) is 1. The molecular formula is C13H19N3O4.